The highest BCUT2D eigenvalue weighted by molar-refractivity contribution is 5.97. The summed E-state index contributed by atoms with van der Waals surface area (Å²) >= 11 is 0. The van der Waals surface area contributed by atoms with Crippen LogP contribution in [0.1, 0.15) is 19.3 Å². The largest absolute Gasteiger partial charge is 0.298 e. The summed E-state index contributed by atoms with van der Waals surface area (Å²) in [5, 5.41) is 0. The molecule has 0 saturated heterocycles. The number of rotatable bonds is 2. The second-order valence-electron chi connectivity index (χ2n) is 4.58. The maximum Gasteiger partial charge on any atom is 0.147 e. The van der Waals surface area contributed by atoms with Crippen molar-refractivity contribution in [3.63, 3.8) is 0 Å². The van der Waals surface area contributed by atoms with Crippen LogP contribution in [-0.2, 0) is 9.59 Å². The molecule has 1 saturated carbocycles. The Balaban J connectivity index is 2.28. The second-order valence-corrected chi connectivity index (χ2v) is 4.58. The minimum Gasteiger partial charge on any atom is -0.298 e. The van der Waals surface area contributed by atoms with E-state index in [0.29, 0.717) is 0 Å². The van der Waals surface area contributed by atoms with Crippen molar-refractivity contribution >= 4 is 12.6 Å². The summed E-state index contributed by atoms with van der Waals surface area (Å²) in [6.45, 7) is 0. The van der Waals surface area contributed by atoms with Gasteiger partial charge < -0.3 is 0 Å². The lowest BCUT2D eigenvalue weighted by Crippen LogP contribution is -2.49. The van der Waals surface area contributed by atoms with Gasteiger partial charge in [0.05, 0.1) is 0 Å². The highest BCUT2D eigenvalue weighted by Gasteiger charge is 2.64. The van der Waals surface area contributed by atoms with E-state index in [2.05, 4.69) is 12.2 Å². The van der Waals surface area contributed by atoms with Gasteiger partial charge in [0, 0.05) is 22.0 Å². The number of carbonyl (C=O) groups excluding carboxylic acids is 2. The Kier molecular flexibility index (Phi) is 1.51. The minimum atomic E-state index is -0.139. The number of hydrogen-bond acceptors (Lipinski definition) is 2. The molecule has 2 heteroatoms. The molecule has 0 aromatic heterocycles. The van der Waals surface area contributed by atoms with Crippen LogP contribution in [0, 0.1) is 10.8 Å². The molecule has 76 valence electrons. The van der Waals surface area contributed by atoms with Crippen LogP contribution in [0.3, 0.4) is 0 Å². The summed E-state index contributed by atoms with van der Waals surface area (Å²) in [5.41, 5.74) is 1.16. The van der Waals surface area contributed by atoms with Gasteiger partial charge in [0.2, 0.25) is 0 Å². The third-order valence-electron chi connectivity index (χ3n) is 4.30. The van der Waals surface area contributed by atoms with E-state index in [-0.39, 0.29) is 10.8 Å². The van der Waals surface area contributed by atoms with Crippen LogP contribution in [0.4, 0.5) is 0 Å². The minimum absolute atomic E-state index is 0.139. The molecule has 3 aliphatic carbocycles. The third kappa shape index (κ3) is 0.705. The van der Waals surface area contributed by atoms with Gasteiger partial charge in [0.25, 0.3) is 0 Å². The molecule has 1 fully saturated rings. The monoisotopic (exact) mass is 200 g/mol. The fraction of sp³-hybridized carbons (Fsp3) is 0.385. The van der Waals surface area contributed by atoms with Crippen molar-refractivity contribution in [3.8, 4) is 0 Å². The Morgan fingerprint density at radius 3 is 1.80 bits per heavy atom. The lowest BCUT2D eigenvalue weighted by Gasteiger charge is -2.54. The van der Waals surface area contributed by atoms with Crippen LogP contribution in [-0.4, -0.2) is 12.6 Å². The summed E-state index contributed by atoms with van der Waals surface area (Å²) in [5.74, 6) is 0. The average Bonchev–Trinajstić information content (AvgIpc) is 2.58. The Labute approximate surface area is 88.4 Å². The Morgan fingerprint density at radius 2 is 1.40 bits per heavy atom. The van der Waals surface area contributed by atoms with E-state index in [1.165, 1.54) is 0 Å². The number of aldehydes is 2. The molecule has 2 atom stereocenters. The molecule has 0 aliphatic heterocycles. The van der Waals surface area contributed by atoms with E-state index in [1.54, 1.807) is 0 Å². The molecule has 0 unspecified atom stereocenters. The van der Waals surface area contributed by atoms with E-state index in [9.17, 15) is 9.59 Å². The molecule has 0 bridgehead atoms. The molecule has 0 radical (unpaired) electrons. The van der Waals surface area contributed by atoms with Gasteiger partial charge in [-0.1, -0.05) is 30.7 Å². The Bertz CT molecular complexity index is 401. The third-order valence-corrected chi connectivity index (χ3v) is 4.30. The van der Waals surface area contributed by atoms with Crippen molar-refractivity contribution < 1.29 is 9.59 Å². The molecule has 0 aromatic rings. The van der Waals surface area contributed by atoms with Crippen molar-refractivity contribution in [1.82, 2.24) is 0 Å². The normalized spacial score (nSPS) is 40.8. The van der Waals surface area contributed by atoms with Crippen LogP contribution in [0.2, 0.25) is 0 Å². The molecule has 0 aromatic carbocycles. The van der Waals surface area contributed by atoms with E-state index < -0.39 is 0 Å². The predicted octanol–water partition coefficient (Wildman–Crippen LogP) is 1.98. The number of hydrogen-bond donors (Lipinski definition) is 0. The van der Waals surface area contributed by atoms with Gasteiger partial charge in [-0.25, -0.2) is 0 Å². The maximum atomic E-state index is 11.1. The Hall–Kier alpha value is -1.44. The summed E-state index contributed by atoms with van der Waals surface area (Å²) in [4.78, 5) is 22.1. The van der Waals surface area contributed by atoms with E-state index >= 15 is 0 Å². The summed E-state index contributed by atoms with van der Waals surface area (Å²) < 4.78 is 0. The first-order valence-electron chi connectivity index (χ1n) is 5.33. The fourth-order valence-electron chi connectivity index (χ4n) is 3.68. The molecule has 15 heavy (non-hydrogen) atoms. The summed E-state index contributed by atoms with van der Waals surface area (Å²) in [7, 11) is 0. The molecule has 3 rings (SSSR count). The molecule has 0 amide bonds. The van der Waals surface area contributed by atoms with Crippen molar-refractivity contribution in [3.05, 3.63) is 35.5 Å². The Morgan fingerprint density at radius 1 is 0.933 bits per heavy atom. The standard InChI is InChI=1S/C13H12O2/c14-8-10-11(9-15)13-5-2-1-4-12(10,13)6-3-7-13/h1-2,4-5,8-9H,3,6-7H2/t12-,13+. The first-order chi connectivity index (χ1) is 7.31. The van der Waals surface area contributed by atoms with Crippen molar-refractivity contribution in [2.24, 2.45) is 10.8 Å². The van der Waals surface area contributed by atoms with Gasteiger partial charge in [-0.15, -0.1) is 0 Å². The van der Waals surface area contributed by atoms with Gasteiger partial charge in [-0.2, -0.15) is 0 Å². The lowest BCUT2D eigenvalue weighted by atomic mass is 9.47. The van der Waals surface area contributed by atoms with Crippen LogP contribution in [0.25, 0.3) is 0 Å². The highest BCUT2D eigenvalue weighted by Crippen LogP contribution is 2.70. The van der Waals surface area contributed by atoms with Gasteiger partial charge >= 0.3 is 0 Å². The molecule has 3 aliphatic rings. The fourth-order valence-corrected chi connectivity index (χ4v) is 3.68. The zero-order valence-electron chi connectivity index (χ0n) is 8.40. The maximum absolute atomic E-state index is 11.1. The molecule has 0 spiro atoms. The number of carbonyl (C=O) groups is 2. The van der Waals surface area contributed by atoms with Crippen LogP contribution >= 0.6 is 0 Å². The zero-order valence-corrected chi connectivity index (χ0v) is 8.40. The molecule has 0 heterocycles. The van der Waals surface area contributed by atoms with E-state index in [0.717, 1.165) is 43.0 Å². The zero-order chi connectivity index (χ0) is 10.5. The molecular formula is C13H12O2. The smallest absolute Gasteiger partial charge is 0.147 e. The summed E-state index contributed by atoms with van der Waals surface area (Å²) in [6.07, 6.45) is 13.0. The van der Waals surface area contributed by atoms with E-state index in [4.69, 9.17) is 0 Å². The second kappa shape index (κ2) is 2.57. The lowest BCUT2D eigenvalue weighted by molar-refractivity contribution is -0.111. The quantitative estimate of drug-likeness (QED) is 0.639. The van der Waals surface area contributed by atoms with Crippen LogP contribution in [0.5, 0.6) is 0 Å². The van der Waals surface area contributed by atoms with Crippen molar-refractivity contribution in [1.29, 1.82) is 0 Å². The number of allylic oxidation sites excluding steroid dienone is 6. The first kappa shape index (κ1) is 8.84. The van der Waals surface area contributed by atoms with Crippen LogP contribution < -0.4 is 0 Å². The van der Waals surface area contributed by atoms with Crippen molar-refractivity contribution in [2.45, 2.75) is 19.3 Å². The molecular weight excluding hydrogens is 188 g/mol. The van der Waals surface area contributed by atoms with Crippen LogP contribution in [0.15, 0.2) is 35.5 Å². The predicted molar refractivity (Wildman–Crippen MR) is 56.2 cm³/mol. The topological polar surface area (TPSA) is 34.1 Å². The average molecular weight is 200 g/mol. The molecule has 2 nitrogen and oxygen atoms in total. The molecule has 0 N–H and O–H groups in total. The van der Waals surface area contributed by atoms with Crippen molar-refractivity contribution in [2.75, 3.05) is 0 Å². The highest BCUT2D eigenvalue weighted by atomic mass is 16.1. The SMILES string of the molecule is O=CC1=C(C=O)[C@]23C=CC=C[C@]12CCC3. The van der Waals surface area contributed by atoms with E-state index in [1.807, 2.05) is 12.2 Å². The van der Waals surface area contributed by atoms with Gasteiger partial charge in [0.1, 0.15) is 12.6 Å². The van der Waals surface area contributed by atoms with Gasteiger partial charge in [0.15, 0.2) is 0 Å². The van der Waals surface area contributed by atoms with Gasteiger partial charge in [-0.05, 0) is 12.8 Å². The first-order valence-corrected chi connectivity index (χ1v) is 5.33. The van der Waals surface area contributed by atoms with Gasteiger partial charge in [-0.3, -0.25) is 9.59 Å². The summed E-state index contributed by atoms with van der Waals surface area (Å²) in [6, 6.07) is 0.